The van der Waals surface area contributed by atoms with E-state index in [0.29, 0.717) is 11.4 Å². The lowest BCUT2D eigenvalue weighted by Crippen LogP contribution is -2.24. The minimum atomic E-state index is -3.72. The summed E-state index contributed by atoms with van der Waals surface area (Å²) >= 11 is 6.04. The molecular weight excluding hydrogens is 422 g/mol. The van der Waals surface area contributed by atoms with Crippen LogP contribution in [0.25, 0.3) is 16.5 Å². The van der Waals surface area contributed by atoms with Crippen molar-refractivity contribution in [2.24, 2.45) is 7.05 Å². The molecule has 0 saturated carbocycles. The molecule has 154 valence electrons. The van der Waals surface area contributed by atoms with Gasteiger partial charge in [-0.05, 0) is 47.5 Å². The van der Waals surface area contributed by atoms with Crippen LogP contribution in [-0.4, -0.2) is 17.8 Å². The normalized spacial score (nSPS) is 11.8. The summed E-state index contributed by atoms with van der Waals surface area (Å²) in [7, 11) is -2.00. The third kappa shape index (κ3) is 3.56. The molecule has 0 fully saturated rings. The quantitative estimate of drug-likeness (QED) is 0.512. The Labute approximate surface area is 179 Å². The summed E-state index contributed by atoms with van der Waals surface area (Å²) in [5.74, 6) is 0. The van der Waals surface area contributed by atoms with Gasteiger partial charge in [-0.25, -0.2) is 17.8 Å². The van der Waals surface area contributed by atoms with Gasteiger partial charge in [0.25, 0.3) is 5.56 Å². The fraction of sp³-hybridized carbons (Fsp3) is 0.136. The summed E-state index contributed by atoms with van der Waals surface area (Å²) in [5.41, 5.74) is 1.72. The monoisotopic (exact) mass is 441 g/mol. The first-order valence-corrected chi connectivity index (χ1v) is 11.2. The van der Waals surface area contributed by atoms with Gasteiger partial charge in [0.15, 0.2) is 0 Å². The average Bonchev–Trinajstić information content (AvgIpc) is 2.95. The van der Waals surface area contributed by atoms with E-state index >= 15 is 0 Å². The highest BCUT2D eigenvalue weighted by molar-refractivity contribution is 7.89. The van der Waals surface area contributed by atoms with Crippen molar-refractivity contribution in [2.75, 3.05) is 0 Å². The summed E-state index contributed by atoms with van der Waals surface area (Å²) < 4.78 is 31.2. The Bertz CT molecular complexity index is 1400. The standard InChI is InChI=1S/C22H20ClN3O3S/c1-15-21(23)22(27)26(25(15)2)18-10-12-19(13-11-18)30(28,29)24-14-17-8-5-7-16-6-3-4-9-20(16)17/h3-13,24H,14H2,1-2H3. The second-order valence-corrected chi connectivity index (χ2v) is 9.14. The molecule has 0 radical (unpaired) electrons. The van der Waals surface area contributed by atoms with Gasteiger partial charge in [0.05, 0.1) is 16.3 Å². The van der Waals surface area contributed by atoms with Gasteiger partial charge in [0.2, 0.25) is 10.0 Å². The molecule has 1 heterocycles. The number of hydrogen-bond acceptors (Lipinski definition) is 3. The molecule has 0 spiro atoms. The topological polar surface area (TPSA) is 73.1 Å². The number of nitrogens with one attached hydrogen (secondary N) is 1. The second kappa shape index (κ2) is 7.75. The highest BCUT2D eigenvalue weighted by Gasteiger charge is 2.17. The van der Waals surface area contributed by atoms with E-state index in [0.717, 1.165) is 16.3 Å². The van der Waals surface area contributed by atoms with Crippen LogP contribution in [0, 0.1) is 6.92 Å². The molecule has 1 N–H and O–H groups in total. The second-order valence-electron chi connectivity index (χ2n) is 7.00. The zero-order chi connectivity index (χ0) is 21.5. The molecule has 0 bridgehead atoms. The lowest BCUT2D eigenvalue weighted by Gasteiger charge is -2.11. The molecule has 0 unspecified atom stereocenters. The van der Waals surface area contributed by atoms with Gasteiger partial charge in [0.1, 0.15) is 5.02 Å². The van der Waals surface area contributed by atoms with Crippen LogP contribution < -0.4 is 10.3 Å². The Morgan fingerprint density at radius 2 is 1.63 bits per heavy atom. The van der Waals surface area contributed by atoms with Crippen molar-refractivity contribution in [1.82, 2.24) is 14.1 Å². The number of halogens is 1. The lowest BCUT2D eigenvalue weighted by molar-refractivity contribution is 0.581. The van der Waals surface area contributed by atoms with Crippen LogP contribution in [0.4, 0.5) is 0 Å². The Morgan fingerprint density at radius 3 is 2.30 bits per heavy atom. The fourth-order valence-electron chi connectivity index (χ4n) is 3.44. The SMILES string of the molecule is Cc1c(Cl)c(=O)n(-c2ccc(S(=O)(=O)NCc3cccc4ccccc34)cc2)n1C. The minimum Gasteiger partial charge on any atom is -0.284 e. The fourth-order valence-corrected chi connectivity index (χ4v) is 4.64. The molecule has 4 aromatic rings. The Morgan fingerprint density at radius 1 is 0.967 bits per heavy atom. The lowest BCUT2D eigenvalue weighted by atomic mass is 10.1. The molecular formula is C22H20ClN3O3S. The maximum Gasteiger partial charge on any atom is 0.290 e. The van der Waals surface area contributed by atoms with Crippen LogP contribution in [0.5, 0.6) is 0 Å². The van der Waals surface area contributed by atoms with E-state index < -0.39 is 10.0 Å². The molecule has 3 aromatic carbocycles. The molecule has 8 heteroatoms. The Hall–Kier alpha value is -2.87. The molecule has 0 aliphatic rings. The van der Waals surface area contributed by atoms with Crippen molar-refractivity contribution in [2.45, 2.75) is 18.4 Å². The summed E-state index contributed by atoms with van der Waals surface area (Å²) in [4.78, 5) is 12.5. The van der Waals surface area contributed by atoms with Crippen LogP contribution in [0.3, 0.4) is 0 Å². The number of hydrogen-bond donors (Lipinski definition) is 1. The van der Waals surface area contributed by atoms with Gasteiger partial charge < -0.3 is 0 Å². The summed E-state index contributed by atoms with van der Waals surface area (Å²) in [5, 5.41) is 2.21. The zero-order valence-electron chi connectivity index (χ0n) is 16.5. The predicted octanol–water partition coefficient (Wildman–Crippen LogP) is 3.77. The maximum absolute atomic E-state index is 12.8. The number of benzene rings is 3. The van der Waals surface area contributed by atoms with Gasteiger partial charge in [-0.15, -0.1) is 0 Å². The van der Waals surface area contributed by atoms with Crippen LogP contribution in [0.15, 0.2) is 76.4 Å². The van der Waals surface area contributed by atoms with Crippen molar-refractivity contribution < 1.29 is 8.42 Å². The number of rotatable bonds is 5. The average molecular weight is 442 g/mol. The molecule has 4 rings (SSSR count). The van der Waals surface area contributed by atoms with E-state index in [9.17, 15) is 13.2 Å². The summed E-state index contributed by atoms with van der Waals surface area (Å²) in [6.45, 7) is 1.92. The van der Waals surface area contributed by atoms with Crippen molar-refractivity contribution in [3.63, 3.8) is 0 Å². The predicted molar refractivity (Wildman–Crippen MR) is 119 cm³/mol. The Kier molecular flexibility index (Phi) is 5.27. The molecule has 6 nitrogen and oxygen atoms in total. The van der Waals surface area contributed by atoms with Gasteiger partial charge in [-0.1, -0.05) is 54.1 Å². The first-order chi connectivity index (χ1) is 14.3. The van der Waals surface area contributed by atoms with Crippen LogP contribution in [0.1, 0.15) is 11.3 Å². The number of aromatic nitrogens is 2. The van der Waals surface area contributed by atoms with Crippen molar-refractivity contribution in [3.8, 4) is 5.69 Å². The smallest absolute Gasteiger partial charge is 0.284 e. The van der Waals surface area contributed by atoms with Gasteiger partial charge in [0, 0.05) is 13.6 Å². The highest BCUT2D eigenvalue weighted by Crippen LogP contribution is 2.20. The minimum absolute atomic E-state index is 0.122. The van der Waals surface area contributed by atoms with E-state index in [1.807, 2.05) is 42.5 Å². The number of sulfonamides is 1. The maximum atomic E-state index is 12.8. The zero-order valence-corrected chi connectivity index (χ0v) is 18.0. The molecule has 0 aliphatic carbocycles. The molecule has 0 atom stereocenters. The van der Waals surface area contributed by atoms with Crippen molar-refractivity contribution >= 4 is 32.4 Å². The van der Waals surface area contributed by atoms with Gasteiger partial charge in [-0.3, -0.25) is 9.48 Å². The van der Waals surface area contributed by atoms with Crippen LogP contribution in [0.2, 0.25) is 5.02 Å². The highest BCUT2D eigenvalue weighted by atomic mass is 35.5. The van der Waals surface area contributed by atoms with E-state index in [4.69, 9.17) is 11.6 Å². The van der Waals surface area contributed by atoms with Gasteiger partial charge in [-0.2, -0.15) is 0 Å². The third-order valence-electron chi connectivity index (χ3n) is 5.21. The van der Waals surface area contributed by atoms with Crippen molar-refractivity contribution in [3.05, 3.63) is 93.4 Å². The first kappa shape index (κ1) is 20.4. The largest absolute Gasteiger partial charge is 0.290 e. The van der Waals surface area contributed by atoms with Gasteiger partial charge >= 0.3 is 0 Å². The first-order valence-electron chi connectivity index (χ1n) is 9.30. The van der Waals surface area contributed by atoms with E-state index in [-0.39, 0.29) is 22.0 Å². The molecule has 0 amide bonds. The Balaban J connectivity index is 1.59. The number of nitrogens with zero attached hydrogens (tertiary/aromatic N) is 2. The van der Waals surface area contributed by atoms with E-state index in [1.54, 1.807) is 30.8 Å². The van der Waals surface area contributed by atoms with E-state index in [1.165, 1.54) is 16.8 Å². The van der Waals surface area contributed by atoms with Crippen LogP contribution in [-0.2, 0) is 23.6 Å². The number of fused-ring (bicyclic) bond motifs is 1. The van der Waals surface area contributed by atoms with Crippen LogP contribution >= 0.6 is 11.6 Å². The summed E-state index contributed by atoms with van der Waals surface area (Å²) in [6.07, 6.45) is 0. The molecule has 30 heavy (non-hydrogen) atoms. The molecule has 0 saturated heterocycles. The van der Waals surface area contributed by atoms with Crippen molar-refractivity contribution in [1.29, 1.82) is 0 Å². The third-order valence-corrected chi connectivity index (χ3v) is 7.06. The molecule has 1 aromatic heterocycles. The summed E-state index contributed by atoms with van der Waals surface area (Å²) in [6, 6.07) is 19.8. The molecule has 0 aliphatic heterocycles. The van der Waals surface area contributed by atoms with E-state index in [2.05, 4.69) is 4.72 Å².